The lowest BCUT2D eigenvalue weighted by Gasteiger charge is -2.01. The van der Waals surface area contributed by atoms with Gasteiger partial charge in [0.25, 0.3) is 0 Å². The topological polar surface area (TPSA) is 50.4 Å². The summed E-state index contributed by atoms with van der Waals surface area (Å²) < 4.78 is 0.221. The Morgan fingerprint density at radius 2 is 2.44 bits per heavy atom. The van der Waals surface area contributed by atoms with Gasteiger partial charge in [-0.1, -0.05) is 29.4 Å². The van der Waals surface area contributed by atoms with E-state index in [0.717, 1.165) is 5.84 Å². The number of hydrogen-bond acceptors (Lipinski definition) is 2. The lowest BCUT2D eigenvalue weighted by Crippen LogP contribution is -2.28. The third-order valence-electron chi connectivity index (χ3n) is 0.801. The Kier molecular flexibility index (Phi) is 5.17. The average Bonchev–Trinajstić information content (AvgIpc) is 1.87. The highest BCUT2D eigenvalue weighted by molar-refractivity contribution is 14.1. The fourth-order valence-electron chi connectivity index (χ4n) is 0.297. The standard InChI is InChI=1S/C4H10BIN3/c1-3(9-7)8-4(6)5-2/h4H,7H2,1-2H3,(H,8,9). The maximum Gasteiger partial charge on any atom is 0.153 e. The molecule has 0 heterocycles. The number of nitrogens with two attached hydrogens (primary N) is 1. The number of rotatable bonds is 2. The molecule has 0 fully saturated rings. The first-order chi connectivity index (χ1) is 4.20. The first-order valence-electron chi connectivity index (χ1n) is 2.65. The Morgan fingerprint density at radius 3 is 2.78 bits per heavy atom. The van der Waals surface area contributed by atoms with Crippen LogP contribution in [0, 0.1) is 0 Å². The van der Waals surface area contributed by atoms with Crippen molar-refractivity contribution >= 4 is 35.7 Å². The normalized spacial score (nSPS) is 14.9. The van der Waals surface area contributed by atoms with Gasteiger partial charge in [0.15, 0.2) is 7.28 Å². The summed E-state index contributed by atoms with van der Waals surface area (Å²) in [5.41, 5.74) is 2.46. The summed E-state index contributed by atoms with van der Waals surface area (Å²) in [4.78, 5) is 4.13. The molecule has 0 spiro atoms. The Labute approximate surface area is 69.8 Å². The molecule has 0 aliphatic rings. The van der Waals surface area contributed by atoms with Gasteiger partial charge in [0.1, 0.15) is 5.84 Å². The van der Waals surface area contributed by atoms with E-state index in [9.17, 15) is 0 Å². The quantitative estimate of drug-likeness (QED) is 0.106. The van der Waals surface area contributed by atoms with E-state index < -0.39 is 0 Å². The van der Waals surface area contributed by atoms with Crippen LogP contribution in [0.2, 0.25) is 6.82 Å². The first kappa shape index (κ1) is 9.22. The zero-order valence-electron chi connectivity index (χ0n) is 5.56. The van der Waals surface area contributed by atoms with E-state index in [1.54, 1.807) is 0 Å². The second kappa shape index (κ2) is 5.05. The van der Waals surface area contributed by atoms with Crippen LogP contribution in [0.4, 0.5) is 0 Å². The van der Waals surface area contributed by atoms with Crippen molar-refractivity contribution in [1.29, 1.82) is 0 Å². The Morgan fingerprint density at radius 1 is 1.89 bits per heavy atom. The zero-order valence-corrected chi connectivity index (χ0v) is 7.71. The lowest BCUT2D eigenvalue weighted by molar-refractivity contribution is 1.00. The number of halogens is 1. The number of alkyl halides is 1. The van der Waals surface area contributed by atoms with Crippen LogP contribution in [0.5, 0.6) is 0 Å². The van der Waals surface area contributed by atoms with Crippen molar-refractivity contribution in [3.63, 3.8) is 0 Å². The van der Waals surface area contributed by atoms with Gasteiger partial charge in [0.2, 0.25) is 0 Å². The molecule has 3 nitrogen and oxygen atoms in total. The molecule has 51 valence electrons. The van der Waals surface area contributed by atoms with Crippen LogP contribution >= 0.6 is 22.6 Å². The molecule has 0 rings (SSSR count). The van der Waals surface area contributed by atoms with Gasteiger partial charge in [-0.25, -0.2) is 5.84 Å². The predicted octanol–water partition coefficient (Wildman–Crippen LogP) is 0.339. The average molecular weight is 238 g/mol. The van der Waals surface area contributed by atoms with E-state index in [-0.39, 0.29) is 3.95 Å². The SMILES string of the molecule is C[B]C(I)N=C(C)NN. The molecule has 0 amide bonds. The van der Waals surface area contributed by atoms with E-state index in [0.29, 0.717) is 0 Å². The summed E-state index contributed by atoms with van der Waals surface area (Å²) in [6, 6.07) is 0. The van der Waals surface area contributed by atoms with Gasteiger partial charge in [-0.15, -0.1) is 0 Å². The zero-order chi connectivity index (χ0) is 7.28. The fourth-order valence-corrected chi connectivity index (χ4v) is 0.715. The number of amidine groups is 1. The van der Waals surface area contributed by atoms with Crippen LogP contribution in [0.3, 0.4) is 0 Å². The van der Waals surface area contributed by atoms with Crippen molar-refractivity contribution in [2.75, 3.05) is 0 Å². The summed E-state index contributed by atoms with van der Waals surface area (Å²) in [7, 11) is 1.99. The van der Waals surface area contributed by atoms with Gasteiger partial charge >= 0.3 is 0 Å². The van der Waals surface area contributed by atoms with Gasteiger partial charge in [0, 0.05) is 0 Å². The van der Waals surface area contributed by atoms with Crippen LogP contribution in [0.25, 0.3) is 0 Å². The van der Waals surface area contributed by atoms with Crippen LogP contribution in [-0.2, 0) is 0 Å². The van der Waals surface area contributed by atoms with Gasteiger partial charge < -0.3 is 5.43 Å². The minimum Gasteiger partial charge on any atom is -0.313 e. The van der Waals surface area contributed by atoms with Crippen LogP contribution < -0.4 is 11.3 Å². The monoisotopic (exact) mass is 238 g/mol. The van der Waals surface area contributed by atoms with Crippen LogP contribution in [0.15, 0.2) is 4.99 Å². The van der Waals surface area contributed by atoms with Crippen molar-refractivity contribution < 1.29 is 0 Å². The molecule has 9 heavy (non-hydrogen) atoms. The highest BCUT2D eigenvalue weighted by Crippen LogP contribution is 1.98. The smallest absolute Gasteiger partial charge is 0.153 e. The van der Waals surface area contributed by atoms with Gasteiger partial charge in [-0.3, -0.25) is 4.99 Å². The van der Waals surface area contributed by atoms with Crippen LogP contribution in [0.1, 0.15) is 6.92 Å². The molecule has 1 atom stereocenters. The molecule has 0 aromatic rings. The molecule has 0 aromatic carbocycles. The summed E-state index contributed by atoms with van der Waals surface area (Å²) in [6.07, 6.45) is 0. The molecule has 0 aliphatic heterocycles. The van der Waals surface area contributed by atoms with Gasteiger partial charge in [0.05, 0.1) is 3.95 Å². The summed E-state index contributed by atoms with van der Waals surface area (Å²) in [6.45, 7) is 3.79. The molecule has 0 saturated heterocycles. The molecule has 0 saturated carbocycles. The van der Waals surface area contributed by atoms with Crippen molar-refractivity contribution in [2.45, 2.75) is 17.7 Å². The van der Waals surface area contributed by atoms with E-state index >= 15 is 0 Å². The third-order valence-corrected chi connectivity index (χ3v) is 1.80. The highest BCUT2D eigenvalue weighted by atomic mass is 127. The summed E-state index contributed by atoms with van der Waals surface area (Å²) in [5, 5.41) is 0. The fraction of sp³-hybridized carbons (Fsp3) is 0.750. The van der Waals surface area contributed by atoms with Crippen molar-refractivity contribution in [3.8, 4) is 0 Å². The molecule has 0 aliphatic carbocycles. The molecular weight excluding hydrogens is 228 g/mol. The van der Waals surface area contributed by atoms with Gasteiger partial charge in [-0.05, 0) is 6.92 Å². The van der Waals surface area contributed by atoms with E-state index in [1.807, 2.05) is 21.0 Å². The molecule has 1 unspecified atom stereocenters. The Hall–Kier alpha value is 0.225. The maximum absolute atomic E-state index is 5.08. The van der Waals surface area contributed by atoms with Crippen molar-refractivity contribution in [1.82, 2.24) is 5.43 Å². The number of aliphatic imine (C=N–C) groups is 1. The van der Waals surface area contributed by atoms with Crippen molar-refractivity contribution in [3.05, 3.63) is 0 Å². The van der Waals surface area contributed by atoms with E-state index in [2.05, 4.69) is 33.0 Å². The van der Waals surface area contributed by atoms with Crippen LogP contribution in [-0.4, -0.2) is 17.1 Å². The Balaban J connectivity index is 3.64. The summed E-state index contributed by atoms with van der Waals surface area (Å²) >= 11 is 2.21. The third kappa shape index (κ3) is 4.71. The molecular formula is C4H10BIN3. The molecule has 1 radical (unpaired) electrons. The highest BCUT2D eigenvalue weighted by Gasteiger charge is 1.96. The number of nitrogens with zero attached hydrogens (tertiary/aromatic N) is 1. The van der Waals surface area contributed by atoms with Crippen molar-refractivity contribution in [2.24, 2.45) is 10.8 Å². The van der Waals surface area contributed by atoms with Gasteiger partial charge in [-0.2, -0.15) is 0 Å². The molecule has 5 heteroatoms. The number of hydrazine groups is 1. The molecule has 0 bridgehead atoms. The minimum absolute atomic E-state index is 0.221. The number of hydrogen-bond donors (Lipinski definition) is 2. The Bertz CT molecular complexity index is 106. The largest absolute Gasteiger partial charge is 0.313 e. The maximum atomic E-state index is 5.08. The van der Waals surface area contributed by atoms with E-state index in [4.69, 9.17) is 5.84 Å². The predicted molar refractivity (Wildman–Crippen MR) is 49.9 cm³/mol. The first-order valence-corrected chi connectivity index (χ1v) is 3.90. The molecule has 0 aromatic heterocycles. The second-order valence-electron chi connectivity index (χ2n) is 1.56. The van der Waals surface area contributed by atoms with E-state index in [1.165, 1.54) is 0 Å². The minimum atomic E-state index is 0.221. The second-order valence-corrected chi connectivity index (χ2v) is 2.84. The molecule has 3 N–H and O–H groups in total. The summed E-state index contributed by atoms with van der Waals surface area (Å²) in [5.74, 6) is 5.83. The lowest BCUT2D eigenvalue weighted by atomic mass is 9.83. The number of nitrogens with one attached hydrogen (secondary N) is 1.